The van der Waals surface area contributed by atoms with Gasteiger partial charge in [0.05, 0.1) is 6.61 Å². The molecule has 1 aliphatic heterocycles. The van der Waals surface area contributed by atoms with Crippen LogP contribution in [0.2, 0.25) is 0 Å². The van der Waals surface area contributed by atoms with Crippen LogP contribution in [-0.4, -0.2) is 35.7 Å². The van der Waals surface area contributed by atoms with Crippen LogP contribution in [0.15, 0.2) is 0 Å². The predicted octanol–water partition coefficient (Wildman–Crippen LogP) is 0.463. The molecule has 0 unspecified atom stereocenters. The lowest BCUT2D eigenvalue weighted by atomic mass is 9.95. The number of aliphatic hydroxyl groups excluding tert-OH is 1. The van der Waals surface area contributed by atoms with Crippen LogP contribution in [-0.2, 0) is 0 Å². The maximum Gasteiger partial charge on any atom is 0.0584 e. The molecule has 1 spiro atoms. The van der Waals surface area contributed by atoms with Crippen molar-refractivity contribution in [1.82, 2.24) is 4.90 Å². The molecule has 1 saturated carbocycles. The normalized spacial score (nSPS) is 31.8. The molecule has 0 aromatic carbocycles. The number of rotatable bonds is 2. The second-order valence-corrected chi connectivity index (χ2v) is 3.94. The van der Waals surface area contributed by atoms with E-state index in [1.165, 1.54) is 25.9 Å². The van der Waals surface area contributed by atoms with Crippen LogP contribution in [0.25, 0.3) is 0 Å². The number of aliphatic hydroxyl groups is 1. The van der Waals surface area contributed by atoms with Crippen molar-refractivity contribution < 1.29 is 5.11 Å². The van der Waals surface area contributed by atoms with E-state index in [1.807, 2.05) is 0 Å². The van der Waals surface area contributed by atoms with Gasteiger partial charge in [0.1, 0.15) is 0 Å². The Kier molecular flexibility index (Phi) is 1.29. The van der Waals surface area contributed by atoms with Crippen molar-refractivity contribution in [2.45, 2.75) is 25.8 Å². The Bertz CT molecular complexity index is 134. The second kappa shape index (κ2) is 1.95. The van der Waals surface area contributed by atoms with E-state index in [9.17, 15) is 0 Å². The van der Waals surface area contributed by atoms with E-state index in [0.29, 0.717) is 12.6 Å². The molecule has 1 saturated heterocycles. The predicted molar refractivity (Wildman–Crippen MR) is 39.8 cm³/mol. The molecule has 2 fully saturated rings. The summed E-state index contributed by atoms with van der Waals surface area (Å²) >= 11 is 0. The molecule has 58 valence electrons. The van der Waals surface area contributed by atoms with Crippen LogP contribution in [0, 0.1) is 5.41 Å². The van der Waals surface area contributed by atoms with Gasteiger partial charge in [-0.15, -0.1) is 0 Å². The van der Waals surface area contributed by atoms with Crippen LogP contribution in [0.4, 0.5) is 0 Å². The molecule has 1 N–H and O–H groups in total. The lowest BCUT2D eigenvalue weighted by Crippen LogP contribution is -2.53. The molecular weight excluding hydrogens is 126 g/mol. The second-order valence-electron chi connectivity index (χ2n) is 3.94. The van der Waals surface area contributed by atoms with Crippen molar-refractivity contribution in [3.63, 3.8) is 0 Å². The van der Waals surface area contributed by atoms with Gasteiger partial charge >= 0.3 is 0 Å². The molecule has 2 nitrogen and oxygen atoms in total. The Morgan fingerprint density at radius 2 is 2.10 bits per heavy atom. The molecule has 2 rings (SSSR count). The molecule has 2 aliphatic rings. The van der Waals surface area contributed by atoms with Crippen LogP contribution in [0.5, 0.6) is 0 Å². The van der Waals surface area contributed by atoms with Crippen LogP contribution >= 0.6 is 0 Å². The third-order valence-corrected chi connectivity index (χ3v) is 2.92. The van der Waals surface area contributed by atoms with Gasteiger partial charge in [-0.3, -0.25) is 4.90 Å². The summed E-state index contributed by atoms with van der Waals surface area (Å²) in [4.78, 5) is 2.37. The minimum absolute atomic E-state index is 0.316. The lowest BCUT2D eigenvalue weighted by molar-refractivity contribution is 0.0188. The highest BCUT2D eigenvalue weighted by Crippen LogP contribution is 2.53. The zero-order valence-corrected chi connectivity index (χ0v) is 6.51. The highest BCUT2D eigenvalue weighted by Gasteiger charge is 2.52. The van der Waals surface area contributed by atoms with Gasteiger partial charge in [0, 0.05) is 19.1 Å². The summed E-state index contributed by atoms with van der Waals surface area (Å²) in [7, 11) is 0. The molecule has 0 aromatic rings. The number of likely N-dealkylation sites (tertiary alicyclic amines) is 1. The van der Waals surface area contributed by atoms with E-state index in [0.717, 1.165) is 5.41 Å². The van der Waals surface area contributed by atoms with E-state index in [4.69, 9.17) is 5.11 Å². The van der Waals surface area contributed by atoms with Gasteiger partial charge in [0.25, 0.3) is 0 Å². The molecule has 0 amide bonds. The van der Waals surface area contributed by atoms with Crippen LogP contribution in [0.3, 0.4) is 0 Å². The number of nitrogens with zero attached hydrogens (tertiary/aromatic N) is 1. The Morgan fingerprint density at radius 1 is 1.50 bits per heavy atom. The summed E-state index contributed by atoms with van der Waals surface area (Å²) < 4.78 is 0. The monoisotopic (exact) mass is 141 g/mol. The average Bonchev–Trinajstić information content (AvgIpc) is 2.61. The molecule has 0 radical (unpaired) electrons. The highest BCUT2D eigenvalue weighted by molar-refractivity contribution is 5.06. The van der Waals surface area contributed by atoms with Gasteiger partial charge in [-0.05, 0) is 25.2 Å². The van der Waals surface area contributed by atoms with E-state index < -0.39 is 0 Å². The Morgan fingerprint density at radius 3 is 2.50 bits per heavy atom. The van der Waals surface area contributed by atoms with Crippen molar-refractivity contribution in [2.75, 3.05) is 19.7 Å². The minimum atomic E-state index is 0.316. The molecule has 1 atom stereocenters. The van der Waals surface area contributed by atoms with E-state index in [-0.39, 0.29) is 0 Å². The largest absolute Gasteiger partial charge is 0.395 e. The van der Waals surface area contributed by atoms with Crippen LogP contribution < -0.4 is 0 Å². The van der Waals surface area contributed by atoms with Gasteiger partial charge in [0.15, 0.2) is 0 Å². The average molecular weight is 141 g/mol. The minimum Gasteiger partial charge on any atom is -0.395 e. The summed E-state index contributed by atoms with van der Waals surface area (Å²) in [6.45, 7) is 4.90. The third kappa shape index (κ3) is 0.867. The van der Waals surface area contributed by atoms with Crippen molar-refractivity contribution >= 4 is 0 Å². The van der Waals surface area contributed by atoms with E-state index in [2.05, 4.69) is 11.8 Å². The van der Waals surface area contributed by atoms with Crippen molar-refractivity contribution in [3.05, 3.63) is 0 Å². The Balaban J connectivity index is 1.79. The van der Waals surface area contributed by atoms with Gasteiger partial charge in [-0.25, -0.2) is 0 Å². The summed E-state index contributed by atoms with van der Waals surface area (Å²) in [5.74, 6) is 0. The zero-order valence-electron chi connectivity index (χ0n) is 6.51. The smallest absolute Gasteiger partial charge is 0.0584 e. The first-order valence-corrected chi connectivity index (χ1v) is 4.11. The quantitative estimate of drug-likeness (QED) is 0.604. The molecule has 1 aliphatic carbocycles. The SMILES string of the molecule is C[C@H](CO)N1CC2(CC2)C1. The summed E-state index contributed by atoms with van der Waals surface area (Å²) in [6, 6.07) is 0.395. The highest BCUT2D eigenvalue weighted by atomic mass is 16.3. The summed E-state index contributed by atoms with van der Waals surface area (Å²) in [5.41, 5.74) is 0.740. The lowest BCUT2D eigenvalue weighted by Gasteiger charge is -2.43. The third-order valence-electron chi connectivity index (χ3n) is 2.92. The van der Waals surface area contributed by atoms with Gasteiger partial charge in [0.2, 0.25) is 0 Å². The Hall–Kier alpha value is -0.0800. The van der Waals surface area contributed by atoms with Gasteiger partial charge in [-0.1, -0.05) is 0 Å². The van der Waals surface area contributed by atoms with E-state index in [1.54, 1.807) is 0 Å². The first-order valence-electron chi connectivity index (χ1n) is 4.11. The molecule has 10 heavy (non-hydrogen) atoms. The number of hydrogen-bond acceptors (Lipinski definition) is 2. The number of hydrogen-bond donors (Lipinski definition) is 1. The van der Waals surface area contributed by atoms with Crippen molar-refractivity contribution in [2.24, 2.45) is 5.41 Å². The van der Waals surface area contributed by atoms with Crippen molar-refractivity contribution in [3.8, 4) is 0 Å². The molecule has 1 heterocycles. The fourth-order valence-corrected chi connectivity index (χ4v) is 1.74. The maximum atomic E-state index is 8.82. The fraction of sp³-hybridized carbons (Fsp3) is 1.00. The van der Waals surface area contributed by atoms with Crippen LogP contribution in [0.1, 0.15) is 19.8 Å². The Labute approximate surface area is 61.8 Å². The zero-order chi connectivity index (χ0) is 7.19. The molecule has 0 aromatic heterocycles. The first-order chi connectivity index (χ1) is 4.76. The summed E-state index contributed by atoms with van der Waals surface area (Å²) in [6.07, 6.45) is 2.86. The van der Waals surface area contributed by atoms with Crippen molar-refractivity contribution in [1.29, 1.82) is 0 Å². The molecular formula is C8H15NO. The molecule has 0 bridgehead atoms. The van der Waals surface area contributed by atoms with Gasteiger partial charge in [-0.2, -0.15) is 0 Å². The standard InChI is InChI=1S/C8H15NO/c1-7(4-10)9-5-8(6-9)2-3-8/h7,10H,2-6H2,1H3/t7-/m1/s1. The first kappa shape index (κ1) is 6.62. The fourth-order valence-electron chi connectivity index (χ4n) is 1.74. The topological polar surface area (TPSA) is 23.5 Å². The van der Waals surface area contributed by atoms with Gasteiger partial charge < -0.3 is 5.11 Å². The summed E-state index contributed by atoms with van der Waals surface area (Å²) in [5, 5.41) is 8.82. The van der Waals surface area contributed by atoms with E-state index >= 15 is 0 Å². The molecule has 2 heteroatoms. The maximum absolute atomic E-state index is 8.82.